The third-order valence-corrected chi connectivity index (χ3v) is 2.65. The lowest BCUT2D eigenvalue weighted by Crippen LogP contribution is -2.17. The molecule has 0 aliphatic carbocycles. The van der Waals surface area contributed by atoms with Crippen LogP contribution in [0.4, 0.5) is 0 Å². The molecule has 1 heterocycles. The largest absolute Gasteiger partial charge is 0.481 e. The van der Waals surface area contributed by atoms with Crippen molar-refractivity contribution in [3.8, 4) is 0 Å². The molecule has 0 aliphatic rings. The molecule has 5 heteroatoms. The smallest absolute Gasteiger partial charge is 0.303 e. The van der Waals surface area contributed by atoms with Gasteiger partial charge in [-0.3, -0.25) is 4.79 Å². The third-order valence-electron chi connectivity index (χ3n) is 2.65. The van der Waals surface area contributed by atoms with Crippen molar-refractivity contribution in [2.75, 3.05) is 6.54 Å². The maximum atomic E-state index is 10.4. The average molecular weight is 240 g/mol. The highest BCUT2D eigenvalue weighted by atomic mass is 16.5. The van der Waals surface area contributed by atoms with Gasteiger partial charge in [0.05, 0.1) is 5.69 Å². The van der Waals surface area contributed by atoms with E-state index in [1.165, 1.54) is 0 Å². The quantitative estimate of drug-likeness (QED) is 0.679. The molecule has 0 aliphatic heterocycles. The third kappa shape index (κ3) is 6.06. The van der Waals surface area contributed by atoms with E-state index in [9.17, 15) is 4.79 Å². The molecule has 0 radical (unpaired) electrons. The Morgan fingerprint density at radius 2 is 2.35 bits per heavy atom. The minimum absolute atomic E-state index is 0.254. The van der Waals surface area contributed by atoms with Crippen molar-refractivity contribution in [1.29, 1.82) is 0 Å². The van der Waals surface area contributed by atoms with Gasteiger partial charge in [-0.1, -0.05) is 12.1 Å². The molecular weight excluding hydrogens is 220 g/mol. The number of carbonyl (C=O) groups is 1. The normalized spacial score (nSPS) is 12.6. The molecule has 96 valence electrons. The second-order valence-electron chi connectivity index (χ2n) is 4.43. The van der Waals surface area contributed by atoms with Crippen molar-refractivity contribution in [3.63, 3.8) is 0 Å². The summed E-state index contributed by atoms with van der Waals surface area (Å²) >= 11 is 0. The molecule has 0 saturated heterocycles. The molecule has 1 aromatic heterocycles. The van der Waals surface area contributed by atoms with Gasteiger partial charge in [-0.25, -0.2) is 0 Å². The van der Waals surface area contributed by atoms with E-state index < -0.39 is 5.97 Å². The molecule has 2 N–H and O–H groups in total. The highest BCUT2D eigenvalue weighted by Crippen LogP contribution is 2.09. The van der Waals surface area contributed by atoms with Crippen LogP contribution >= 0.6 is 0 Å². The summed E-state index contributed by atoms with van der Waals surface area (Å²) in [6.07, 6.45) is 1.97. The summed E-state index contributed by atoms with van der Waals surface area (Å²) < 4.78 is 4.95. The average Bonchev–Trinajstić information content (AvgIpc) is 2.68. The summed E-state index contributed by atoms with van der Waals surface area (Å²) in [5.41, 5.74) is 0.903. The Kier molecular flexibility index (Phi) is 5.69. The van der Waals surface area contributed by atoms with Crippen molar-refractivity contribution < 1.29 is 14.4 Å². The first-order valence-corrected chi connectivity index (χ1v) is 5.92. The van der Waals surface area contributed by atoms with E-state index in [0.717, 1.165) is 30.8 Å². The first-order chi connectivity index (χ1) is 8.08. The SMILES string of the molecule is Cc1cc(CNCCC(C)CCC(=O)O)no1. The first-order valence-electron chi connectivity index (χ1n) is 5.92. The Hall–Kier alpha value is -1.36. The molecule has 0 fully saturated rings. The summed E-state index contributed by atoms with van der Waals surface area (Å²) in [6, 6.07) is 1.90. The number of hydrogen-bond acceptors (Lipinski definition) is 4. The predicted octanol–water partition coefficient (Wildman–Crippen LogP) is 1.96. The molecule has 0 amide bonds. The Balaban J connectivity index is 2.05. The van der Waals surface area contributed by atoms with Gasteiger partial charge >= 0.3 is 5.97 Å². The highest BCUT2D eigenvalue weighted by Gasteiger charge is 2.05. The van der Waals surface area contributed by atoms with Crippen LogP contribution in [0.3, 0.4) is 0 Å². The summed E-state index contributed by atoms with van der Waals surface area (Å²) in [5.74, 6) is 0.525. The van der Waals surface area contributed by atoms with E-state index in [-0.39, 0.29) is 6.42 Å². The zero-order valence-electron chi connectivity index (χ0n) is 10.4. The summed E-state index contributed by atoms with van der Waals surface area (Å²) in [7, 11) is 0. The fourth-order valence-corrected chi connectivity index (χ4v) is 1.58. The molecule has 0 bridgehead atoms. The monoisotopic (exact) mass is 240 g/mol. The number of aliphatic carboxylic acids is 1. The topological polar surface area (TPSA) is 75.4 Å². The molecule has 1 atom stereocenters. The Bertz CT molecular complexity index is 349. The molecule has 5 nitrogen and oxygen atoms in total. The maximum absolute atomic E-state index is 10.4. The lowest BCUT2D eigenvalue weighted by Gasteiger charge is -2.09. The number of nitrogens with zero attached hydrogens (tertiary/aromatic N) is 1. The first kappa shape index (κ1) is 13.7. The minimum atomic E-state index is -0.720. The molecule has 1 rings (SSSR count). The molecule has 0 spiro atoms. The predicted molar refractivity (Wildman–Crippen MR) is 63.6 cm³/mol. The van der Waals surface area contributed by atoms with Crippen LogP contribution in [-0.2, 0) is 11.3 Å². The number of aromatic nitrogens is 1. The van der Waals surface area contributed by atoms with Crippen LogP contribution < -0.4 is 5.32 Å². The molecule has 0 saturated carbocycles. The number of carboxylic acids is 1. The van der Waals surface area contributed by atoms with E-state index in [1.807, 2.05) is 13.0 Å². The summed E-state index contributed by atoms with van der Waals surface area (Å²) in [4.78, 5) is 10.4. The fourth-order valence-electron chi connectivity index (χ4n) is 1.58. The van der Waals surface area contributed by atoms with E-state index in [1.54, 1.807) is 0 Å². The standard InChI is InChI=1S/C12H20N2O3/c1-9(3-4-12(15)16)5-6-13-8-11-7-10(2)17-14-11/h7,9,13H,3-6,8H2,1-2H3,(H,15,16). The van der Waals surface area contributed by atoms with Gasteiger partial charge in [-0.2, -0.15) is 0 Å². The maximum Gasteiger partial charge on any atom is 0.303 e. The molecule has 1 unspecified atom stereocenters. The number of rotatable bonds is 8. The van der Waals surface area contributed by atoms with Crippen molar-refractivity contribution in [1.82, 2.24) is 10.5 Å². The van der Waals surface area contributed by atoms with Crippen molar-refractivity contribution in [2.45, 2.75) is 39.7 Å². The fraction of sp³-hybridized carbons (Fsp3) is 0.667. The van der Waals surface area contributed by atoms with E-state index in [0.29, 0.717) is 12.5 Å². The van der Waals surface area contributed by atoms with E-state index >= 15 is 0 Å². The van der Waals surface area contributed by atoms with Gasteiger partial charge in [0, 0.05) is 19.0 Å². The van der Waals surface area contributed by atoms with E-state index in [2.05, 4.69) is 17.4 Å². The Labute approximate surface area is 101 Å². The van der Waals surface area contributed by atoms with Gasteiger partial charge in [0.1, 0.15) is 5.76 Å². The van der Waals surface area contributed by atoms with Crippen LogP contribution in [0.1, 0.15) is 37.6 Å². The van der Waals surface area contributed by atoms with Crippen LogP contribution in [0.25, 0.3) is 0 Å². The number of hydrogen-bond donors (Lipinski definition) is 2. The van der Waals surface area contributed by atoms with Gasteiger partial charge < -0.3 is 14.9 Å². The molecule has 17 heavy (non-hydrogen) atoms. The molecule has 0 aromatic carbocycles. The second kappa shape index (κ2) is 7.06. The van der Waals surface area contributed by atoms with Crippen molar-refractivity contribution in [2.24, 2.45) is 5.92 Å². The van der Waals surface area contributed by atoms with Gasteiger partial charge in [0.25, 0.3) is 0 Å². The highest BCUT2D eigenvalue weighted by molar-refractivity contribution is 5.66. The summed E-state index contributed by atoms with van der Waals surface area (Å²) in [6.45, 7) is 5.50. The van der Waals surface area contributed by atoms with Crippen LogP contribution in [0.5, 0.6) is 0 Å². The lowest BCUT2D eigenvalue weighted by atomic mass is 10.0. The van der Waals surface area contributed by atoms with Crippen molar-refractivity contribution >= 4 is 5.97 Å². The summed E-state index contributed by atoms with van der Waals surface area (Å²) in [5, 5.41) is 15.7. The van der Waals surface area contributed by atoms with Gasteiger partial charge in [0.15, 0.2) is 0 Å². The van der Waals surface area contributed by atoms with Crippen molar-refractivity contribution in [3.05, 3.63) is 17.5 Å². The zero-order valence-corrected chi connectivity index (χ0v) is 10.4. The molecule has 1 aromatic rings. The molecular formula is C12H20N2O3. The van der Waals surface area contributed by atoms with Crippen LogP contribution in [0, 0.1) is 12.8 Å². The van der Waals surface area contributed by atoms with Gasteiger partial charge in [-0.15, -0.1) is 0 Å². The van der Waals surface area contributed by atoms with Gasteiger partial charge in [0.2, 0.25) is 0 Å². The Morgan fingerprint density at radius 1 is 1.59 bits per heavy atom. The number of aryl methyl sites for hydroxylation is 1. The van der Waals surface area contributed by atoms with E-state index in [4.69, 9.17) is 9.63 Å². The number of carboxylic acid groups (broad SMARTS) is 1. The van der Waals surface area contributed by atoms with Crippen LogP contribution in [0.15, 0.2) is 10.6 Å². The minimum Gasteiger partial charge on any atom is -0.481 e. The lowest BCUT2D eigenvalue weighted by molar-refractivity contribution is -0.137. The van der Waals surface area contributed by atoms with Gasteiger partial charge in [-0.05, 0) is 32.2 Å². The second-order valence-corrected chi connectivity index (χ2v) is 4.43. The zero-order chi connectivity index (χ0) is 12.7. The van der Waals surface area contributed by atoms with Crippen LogP contribution in [0.2, 0.25) is 0 Å². The van der Waals surface area contributed by atoms with Crippen LogP contribution in [-0.4, -0.2) is 22.8 Å². The number of nitrogens with one attached hydrogen (secondary N) is 1. The Morgan fingerprint density at radius 3 is 2.94 bits per heavy atom.